The predicted molar refractivity (Wildman–Crippen MR) is 101 cm³/mol. The molecular formula is C18H15ClN2O3S. The number of anilines is 2. The maximum atomic E-state index is 12.8. The molecule has 0 aromatic heterocycles. The van der Waals surface area contributed by atoms with Crippen LogP contribution in [0.5, 0.6) is 0 Å². The summed E-state index contributed by atoms with van der Waals surface area (Å²) in [6.07, 6.45) is 0. The van der Waals surface area contributed by atoms with E-state index in [0.29, 0.717) is 27.2 Å². The number of halogens is 1. The lowest BCUT2D eigenvalue weighted by atomic mass is 10.1. The zero-order valence-corrected chi connectivity index (χ0v) is 14.9. The molecule has 7 heteroatoms. The zero-order valence-electron chi connectivity index (χ0n) is 13.3. The predicted octanol–water partition coefficient (Wildman–Crippen LogP) is 4.25. The molecule has 2 N–H and O–H groups in total. The molecule has 0 spiro atoms. The van der Waals surface area contributed by atoms with Crippen LogP contribution in [0.3, 0.4) is 0 Å². The SMILES string of the molecule is CC(=O)Nc1cccc2c(S(=O)(=O)Nc3ccc(Cl)cc3)cccc12. The lowest BCUT2D eigenvalue weighted by Gasteiger charge is -2.13. The summed E-state index contributed by atoms with van der Waals surface area (Å²) in [5.74, 6) is -0.222. The number of carbonyl (C=O) groups is 1. The Bertz CT molecular complexity index is 1050. The molecule has 128 valence electrons. The first-order chi connectivity index (χ1) is 11.9. The quantitative estimate of drug-likeness (QED) is 0.716. The molecule has 0 radical (unpaired) electrons. The number of hydrogen-bond acceptors (Lipinski definition) is 3. The molecule has 0 unspecified atom stereocenters. The second-order valence-corrected chi connectivity index (χ2v) is 7.54. The van der Waals surface area contributed by atoms with E-state index in [1.165, 1.54) is 13.0 Å². The summed E-state index contributed by atoms with van der Waals surface area (Å²) in [5, 5.41) is 4.41. The fraction of sp³-hybridized carbons (Fsp3) is 0.0556. The molecule has 0 heterocycles. The van der Waals surface area contributed by atoms with E-state index in [9.17, 15) is 13.2 Å². The number of amides is 1. The molecule has 0 fully saturated rings. The Morgan fingerprint density at radius 1 is 0.920 bits per heavy atom. The number of carbonyl (C=O) groups excluding carboxylic acids is 1. The average molecular weight is 375 g/mol. The van der Waals surface area contributed by atoms with Crippen molar-refractivity contribution in [3.8, 4) is 0 Å². The van der Waals surface area contributed by atoms with Crippen molar-refractivity contribution >= 4 is 49.7 Å². The molecule has 0 bridgehead atoms. The first kappa shape index (κ1) is 17.3. The number of fused-ring (bicyclic) bond motifs is 1. The molecule has 3 rings (SSSR count). The van der Waals surface area contributed by atoms with Gasteiger partial charge in [0.2, 0.25) is 5.91 Å². The average Bonchev–Trinajstić information content (AvgIpc) is 2.56. The molecule has 1 amide bonds. The first-order valence-corrected chi connectivity index (χ1v) is 9.31. The van der Waals surface area contributed by atoms with Crippen molar-refractivity contribution in [1.29, 1.82) is 0 Å². The van der Waals surface area contributed by atoms with Gasteiger partial charge in [-0.25, -0.2) is 8.42 Å². The second kappa shape index (κ2) is 6.74. The smallest absolute Gasteiger partial charge is 0.262 e. The van der Waals surface area contributed by atoms with Crippen LogP contribution in [-0.4, -0.2) is 14.3 Å². The van der Waals surface area contributed by atoms with Gasteiger partial charge in [-0.15, -0.1) is 0 Å². The summed E-state index contributed by atoms with van der Waals surface area (Å²) in [5.41, 5.74) is 0.980. The molecule has 3 aromatic rings. The Labute approximate surface area is 150 Å². The summed E-state index contributed by atoms with van der Waals surface area (Å²) >= 11 is 5.83. The summed E-state index contributed by atoms with van der Waals surface area (Å²) in [4.78, 5) is 11.5. The van der Waals surface area contributed by atoms with Crippen molar-refractivity contribution in [2.75, 3.05) is 10.0 Å². The third-order valence-electron chi connectivity index (χ3n) is 3.58. The zero-order chi connectivity index (χ0) is 18.0. The molecule has 5 nitrogen and oxygen atoms in total. The fourth-order valence-electron chi connectivity index (χ4n) is 2.54. The summed E-state index contributed by atoms with van der Waals surface area (Å²) in [6, 6.07) is 16.5. The minimum Gasteiger partial charge on any atom is -0.326 e. The standard InChI is InChI=1S/C18H15ClN2O3S/c1-12(22)20-17-6-2-5-16-15(17)4-3-7-18(16)25(23,24)21-14-10-8-13(19)9-11-14/h2-11,21H,1H3,(H,20,22). The third-order valence-corrected chi connectivity index (χ3v) is 5.27. The highest BCUT2D eigenvalue weighted by molar-refractivity contribution is 7.93. The van der Waals surface area contributed by atoms with Crippen LogP contribution in [0.25, 0.3) is 10.8 Å². The molecule has 0 saturated heterocycles. The number of sulfonamides is 1. The largest absolute Gasteiger partial charge is 0.326 e. The van der Waals surface area contributed by atoms with Gasteiger partial charge in [0.15, 0.2) is 0 Å². The van der Waals surface area contributed by atoms with E-state index < -0.39 is 10.0 Å². The van der Waals surface area contributed by atoms with E-state index in [4.69, 9.17) is 11.6 Å². The van der Waals surface area contributed by atoms with Crippen molar-refractivity contribution in [3.05, 3.63) is 65.7 Å². The second-order valence-electron chi connectivity index (χ2n) is 5.45. The minimum absolute atomic E-state index is 0.132. The number of rotatable bonds is 4. The topological polar surface area (TPSA) is 75.3 Å². The van der Waals surface area contributed by atoms with Crippen LogP contribution < -0.4 is 10.0 Å². The normalized spacial score (nSPS) is 11.3. The maximum absolute atomic E-state index is 12.8. The van der Waals surface area contributed by atoms with E-state index in [1.54, 1.807) is 54.6 Å². The van der Waals surface area contributed by atoms with Gasteiger partial charge in [0.25, 0.3) is 10.0 Å². The molecular weight excluding hydrogens is 360 g/mol. The van der Waals surface area contributed by atoms with E-state index in [1.807, 2.05) is 0 Å². The molecule has 0 atom stereocenters. The molecule has 3 aromatic carbocycles. The molecule has 25 heavy (non-hydrogen) atoms. The lowest BCUT2D eigenvalue weighted by molar-refractivity contribution is -0.114. The Morgan fingerprint density at radius 3 is 2.24 bits per heavy atom. The highest BCUT2D eigenvalue weighted by Gasteiger charge is 2.18. The summed E-state index contributed by atoms with van der Waals surface area (Å²) in [6.45, 7) is 1.40. The minimum atomic E-state index is -3.80. The van der Waals surface area contributed by atoms with Crippen LogP contribution in [0.4, 0.5) is 11.4 Å². The van der Waals surface area contributed by atoms with Crippen molar-refractivity contribution in [2.24, 2.45) is 0 Å². The van der Waals surface area contributed by atoms with Gasteiger partial charge >= 0.3 is 0 Å². The van der Waals surface area contributed by atoms with E-state index in [-0.39, 0.29) is 10.8 Å². The van der Waals surface area contributed by atoms with E-state index in [2.05, 4.69) is 10.0 Å². The molecule has 0 aliphatic carbocycles. The van der Waals surface area contributed by atoms with Gasteiger partial charge in [0, 0.05) is 34.1 Å². The van der Waals surface area contributed by atoms with Crippen molar-refractivity contribution < 1.29 is 13.2 Å². The first-order valence-electron chi connectivity index (χ1n) is 7.44. The highest BCUT2D eigenvalue weighted by atomic mass is 35.5. The van der Waals surface area contributed by atoms with Crippen molar-refractivity contribution in [2.45, 2.75) is 11.8 Å². The van der Waals surface area contributed by atoms with Crippen molar-refractivity contribution in [1.82, 2.24) is 0 Å². The van der Waals surface area contributed by atoms with Gasteiger partial charge in [-0.05, 0) is 36.4 Å². The van der Waals surface area contributed by atoms with Crippen LogP contribution in [0, 0.1) is 0 Å². The van der Waals surface area contributed by atoms with Crippen LogP contribution >= 0.6 is 11.6 Å². The monoisotopic (exact) mass is 374 g/mol. The van der Waals surface area contributed by atoms with Crippen LogP contribution in [0.1, 0.15) is 6.92 Å². The van der Waals surface area contributed by atoms with Gasteiger partial charge in [0.05, 0.1) is 4.90 Å². The number of nitrogens with one attached hydrogen (secondary N) is 2. The van der Waals surface area contributed by atoms with Gasteiger partial charge in [0.1, 0.15) is 0 Å². The summed E-state index contributed by atoms with van der Waals surface area (Å²) in [7, 11) is -3.80. The highest BCUT2D eigenvalue weighted by Crippen LogP contribution is 2.30. The van der Waals surface area contributed by atoms with Gasteiger partial charge < -0.3 is 5.32 Å². The fourth-order valence-corrected chi connectivity index (χ4v) is 3.95. The van der Waals surface area contributed by atoms with Crippen LogP contribution in [0.15, 0.2) is 65.6 Å². The van der Waals surface area contributed by atoms with Crippen LogP contribution in [0.2, 0.25) is 5.02 Å². The van der Waals surface area contributed by atoms with Gasteiger partial charge in [-0.3, -0.25) is 9.52 Å². The van der Waals surface area contributed by atoms with Gasteiger partial charge in [-0.2, -0.15) is 0 Å². The number of hydrogen-bond donors (Lipinski definition) is 2. The van der Waals surface area contributed by atoms with Crippen molar-refractivity contribution in [3.63, 3.8) is 0 Å². The number of benzene rings is 3. The molecule has 0 saturated carbocycles. The van der Waals surface area contributed by atoms with E-state index in [0.717, 1.165) is 0 Å². The maximum Gasteiger partial charge on any atom is 0.262 e. The summed E-state index contributed by atoms with van der Waals surface area (Å²) < 4.78 is 28.1. The Balaban J connectivity index is 2.08. The Kier molecular flexibility index (Phi) is 4.65. The van der Waals surface area contributed by atoms with Crippen LogP contribution in [-0.2, 0) is 14.8 Å². The van der Waals surface area contributed by atoms with Gasteiger partial charge in [-0.1, -0.05) is 35.9 Å². The third kappa shape index (κ3) is 3.75. The van der Waals surface area contributed by atoms with E-state index >= 15 is 0 Å². The molecule has 0 aliphatic rings. The Morgan fingerprint density at radius 2 is 1.56 bits per heavy atom. The Hall–Kier alpha value is -2.57. The lowest BCUT2D eigenvalue weighted by Crippen LogP contribution is -2.13. The molecule has 0 aliphatic heterocycles.